The second kappa shape index (κ2) is 6.73. The number of fused-ring (bicyclic) bond motifs is 2. The first-order chi connectivity index (χ1) is 11.0. The molecule has 2 fully saturated rings. The van der Waals surface area contributed by atoms with Crippen molar-refractivity contribution in [2.45, 2.75) is 45.1 Å². The molecular weight excluding hydrogens is 290 g/mol. The van der Waals surface area contributed by atoms with Gasteiger partial charge in [-0.15, -0.1) is 0 Å². The summed E-state index contributed by atoms with van der Waals surface area (Å²) in [5.74, 6) is 0.466. The standard InChI is InChI=1S/C19H25NO3/c1-12(19(22)23)18(14-5-3-2-4-6-14)20-17(21)11-16-10-13-7-8-15(16)9-13/h2-6,12-13,15-16,18H,7-11H2,1H3,(H,20,21)(H,22,23). The number of nitrogens with one attached hydrogen (secondary N) is 1. The first kappa shape index (κ1) is 16.0. The molecule has 124 valence electrons. The molecule has 2 bridgehead atoms. The van der Waals surface area contributed by atoms with Crippen molar-refractivity contribution in [2.24, 2.45) is 23.7 Å². The van der Waals surface area contributed by atoms with E-state index in [-0.39, 0.29) is 5.91 Å². The van der Waals surface area contributed by atoms with E-state index in [0.717, 1.165) is 11.5 Å². The van der Waals surface area contributed by atoms with Gasteiger partial charge in [0, 0.05) is 6.42 Å². The lowest BCUT2D eigenvalue weighted by atomic mass is 9.86. The summed E-state index contributed by atoms with van der Waals surface area (Å²) in [7, 11) is 0. The number of hydrogen-bond donors (Lipinski definition) is 2. The van der Waals surface area contributed by atoms with Gasteiger partial charge in [-0.2, -0.15) is 0 Å². The number of rotatable bonds is 6. The normalized spacial score (nSPS) is 28.3. The molecule has 0 spiro atoms. The van der Waals surface area contributed by atoms with E-state index in [9.17, 15) is 14.7 Å². The Kier molecular flexibility index (Phi) is 4.69. The molecule has 23 heavy (non-hydrogen) atoms. The average molecular weight is 315 g/mol. The van der Waals surface area contributed by atoms with Crippen molar-refractivity contribution in [3.8, 4) is 0 Å². The van der Waals surface area contributed by atoms with Gasteiger partial charge in [0.2, 0.25) is 5.91 Å². The zero-order valence-corrected chi connectivity index (χ0v) is 13.6. The smallest absolute Gasteiger partial charge is 0.308 e. The largest absolute Gasteiger partial charge is 0.481 e. The topological polar surface area (TPSA) is 66.4 Å². The van der Waals surface area contributed by atoms with E-state index < -0.39 is 17.9 Å². The average Bonchev–Trinajstić information content (AvgIpc) is 3.15. The molecule has 5 unspecified atom stereocenters. The third-order valence-corrected chi connectivity index (χ3v) is 5.70. The molecule has 0 aliphatic heterocycles. The van der Waals surface area contributed by atoms with Crippen molar-refractivity contribution in [2.75, 3.05) is 0 Å². The molecule has 0 heterocycles. The van der Waals surface area contributed by atoms with E-state index in [4.69, 9.17) is 0 Å². The number of carbonyl (C=O) groups excluding carboxylic acids is 1. The number of hydrogen-bond acceptors (Lipinski definition) is 2. The fourth-order valence-electron chi connectivity index (χ4n) is 4.40. The Balaban J connectivity index is 1.66. The van der Waals surface area contributed by atoms with Crippen LogP contribution in [-0.2, 0) is 9.59 Å². The monoisotopic (exact) mass is 315 g/mol. The van der Waals surface area contributed by atoms with Gasteiger partial charge in [0.05, 0.1) is 12.0 Å². The van der Waals surface area contributed by atoms with Crippen LogP contribution in [0, 0.1) is 23.7 Å². The van der Waals surface area contributed by atoms with Crippen molar-refractivity contribution in [3.05, 3.63) is 35.9 Å². The summed E-state index contributed by atoms with van der Waals surface area (Å²) in [4.78, 5) is 23.9. The van der Waals surface area contributed by atoms with E-state index in [0.29, 0.717) is 18.3 Å². The highest BCUT2D eigenvalue weighted by Crippen LogP contribution is 2.49. The number of carboxylic acid groups (broad SMARTS) is 1. The summed E-state index contributed by atoms with van der Waals surface area (Å²) in [5, 5.41) is 12.3. The zero-order valence-electron chi connectivity index (χ0n) is 13.6. The SMILES string of the molecule is CC(C(=O)O)C(NC(=O)CC1CC2CCC1C2)c1ccccc1. The van der Waals surface area contributed by atoms with E-state index in [1.807, 2.05) is 30.3 Å². The second-order valence-corrected chi connectivity index (χ2v) is 7.22. The van der Waals surface area contributed by atoms with Crippen LogP contribution in [0.4, 0.5) is 0 Å². The Labute approximate surface area is 137 Å². The minimum absolute atomic E-state index is 0.00972. The zero-order chi connectivity index (χ0) is 16.4. The number of benzene rings is 1. The lowest BCUT2D eigenvalue weighted by molar-refractivity contribution is -0.142. The molecule has 2 saturated carbocycles. The Bertz CT molecular complexity index is 571. The van der Waals surface area contributed by atoms with E-state index in [1.54, 1.807) is 6.92 Å². The van der Waals surface area contributed by atoms with Crippen molar-refractivity contribution in [1.29, 1.82) is 0 Å². The van der Waals surface area contributed by atoms with Crippen LogP contribution in [0.15, 0.2) is 30.3 Å². The third-order valence-electron chi connectivity index (χ3n) is 5.70. The van der Waals surface area contributed by atoms with Gasteiger partial charge < -0.3 is 10.4 Å². The molecule has 2 N–H and O–H groups in total. The number of carbonyl (C=O) groups is 2. The van der Waals surface area contributed by atoms with Gasteiger partial charge >= 0.3 is 5.97 Å². The maximum Gasteiger partial charge on any atom is 0.308 e. The van der Waals surface area contributed by atoms with Gasteiger partial charge in [0.15, 0.2) is 0 Å². The first-order valence-electron chi connectivity index (χ1n) is 8.61. The van der Waals surface area contributed by atoms with Crippen LogP contribution in [0.1, 0.15) is 50.6 Å². The second-order valence-electron chi connectivity index (χ2n) is 7.22. The molecule has 1 aromatic rings. The summed E-state index contributed by atoms with van der Waals surface area (Å²) in [6, 6.07) is 8.92. The van der Waals surface area contributed by atoms with Gasteiger partial charge in [-0.1, -0.05) is 36.8 Å². The van der Waals surface area contributed by atoms with E-state index in [1.165, 1.54) is 25.7 Å². The Hall–Kier alpha value is -1.84. The summed E-state index contributed by atoms with van der Waals surface area (Å²) in [6.45, 7) is 1.65. The predicted octanol–water partition coefficient (Wildman–Crippen LogP) is 3.39. The van der Waals surface area contributed by atoms with Gasteiger partial charge in [-0.05, 0) is 49.5 Å². The van der Waals surface area contributed by atoms with E-state index >= 15 is 0 Å². The molecule has 0 radical (unpaired) electrons. The van der Waals surface area contributed by atoms with Crippen molar-refractivity contribution in [1.82, 2.24) is 5.32 Å². The maximum absolute atomic E-state index is 12.5. The minimum atomic E-state index is -0.890. The van der Waals surface area contributed by atoms with Crippen molar-refractivity contribution < 1.29 is 14.7 Å². The highest BCUT2D eigenvalue weighted by molar-refractivity contribution is 5.78. The quantitative estimate of drug-likeness (QED) is 0.845. The van der Waals surface area contributed by atoms with Crippen LogP contribution in [0.2, 0.25) is 0 Å². The van der Waals surface area contributed by atoms with Crippen molar-refractivity contribution >= 4 is 11.9 Å². The molecule has 0 saturated heterocycles. The Morgan fingerprint density at radius 2 is 1.96 bits per heavy atom. The van der Waals surface area contributed by atoms with Crippen LogP contribution in [0.5, 0.6) is 0 Å². The summed E-state index contributed by atoms with van der Waals surface area (Å²) in [5.41, 5.74) is 0.851. The number of aliphatic carboxylic acids is 1. The summed E-state index contributed by atoms with van der Waals surface area (Å²) < 4.78 is 0. The van der Waals surface area contributed by atoms with Crippen LogP contribution >= 0.6 is 0 Å². The summed E-state index contributed by atoms with van der Waals surface area (Å²) in [6.07, 6.45) is 5.58. The molecular formula is C19H25NO3. The third kappa shape index (κ3) is 3.57. The van der Waals surface area contributed by atoms with Gasteiger partial charge in [-0.3, -0.25) is 9.59 Å². The maximum atomic E-state index is 12.5. The number of carboxylic acids is 1. The highest BCUT2D eigenvalue weighted by Gasteiger charge is 2.40. The summed E-state index contributed by atoms with van der Waals surface area (Å²) >= 11 is 0. The molecule has 5 atom stereocenters. The molecule has 0 aromatic heterocycles. The van der Waals surface area contributed by atoms with Gasteiger partial charge in [0.25, 0.3) is 0 Å². The minimum Gasteiger partial charge on any atom is -0.481 e. The molecule has 2 aliphatic carbocycles. The molecule has 2 aliphatic rings. The van der Waals surface area contributed by atoms with Crippen LogP contribution in [-0.4, -0.2) is 17.0 Å². The lowest BCUT2D eigenvalue weighted by Gasteiger charge is -2.25. The Morgan fingerprint density at radius 3 is 2.52 bits per heavy atom. The van der Waals surface area contributed by atoms with Crippen LogP contribution < -0.4 is 5.32 Å². The number of amides is 1. The van der Waals surface area contributed by atoms with Gasteiger partial charge in [-0.25, -0.2) is 0 Å². The lowest BCUT2D eigenvalue weighted by Crippen LogP contribution is -2.36. The fourth-order valence-corrected chi connectivity index (χ4v) is 4.40. The molecule has 1 aromatic carbocycles. The molecule has 1 amide bonds. The van der Waals surface area contributed by atoms with Gasteiger partial charge in [0.1, 0.15) is 0 Å². The van der Waals surface area contributed by atoms with Crippen LogP contribution in [0.3, 0.4) is 0 Å². The fraction of sp³-hybridized carbons (Fsp3) is 0.579. The molecule has 3 rings (SSSR count). The van der Waals surface area contributed by atoms with Crippen molar-refractivity contribution in [3.63, 3.8) is 0 Å². The first-order valence-corrected chi connectivity index (χ1v) is 8.61. The highest BCUT2D eigenvalue weighted by atomic mass is 16.4. The molecule has 4 nitrogen and oxygen atoms in total. The Morgan fingerprint density at radius 1 is 1.22 bits per heavy atom. The molecule has 4 heteroatoms. The van der Waals surface area contributed by atoms with Crippen LogP contribution in [0.25, 0.3) is 0 Å². The van der Waals surface area contributed by atoms with E-state index in [2.05, 4.69) is 5.32 Å². The predicted molar refractivity (Wildman–Crippen MR) is 87.7 cm³/mol.